The van der Waals surface area contributed by atoms with Gasteiger partial charge in [-0.15, -0.1) is 0 Å². The summed E-state index contributed by atoms with van der Waals surface area (Å²) < 4.78 is 17.2. The largest absolute Gasteiger partial charge is 0.490 e. The molecule has 0 aromatic carbocycles. The lowest BCUT2D eigenvalue weighted by atomic mass is 9.82. The van der Waals surface area contributed by atoms with Crippen molar-refractivity contribution in [2.75, 3.05) is 19.8 Å². The fourth-order valence-corrected chi connectivity index (χ4v) is 2.78. The molecule has 2 N–H and O–H groups in total. The van der Waals surface area contributed by atoms with Gasteiger partial charge in [0, 0.05) is 37.5 Å². The summed E-state index contributed by atoms with van der Waals surface area (Å²) in [5, 5.41) is 18.3. The highest BCUT2D eigenvalue weighted by Crippen LogP contribution is 2.34. The number of ether oxygens (including phenoxy) is 3. The van der Waals surface area contributed by atoms with Crippen molar-refractivity contribution in [1.29, 1.82) is 0 Å². The van der Waals surface area contributed by atoms with Crippen molar-refractivity contribution < 1.29 is 24.3 Å². The lowest BCUT2D eigenvalue weighted by molar-refractivity contribution is -0.112. The van der Waals surface area contributed by atoms with Crippen LogP contribution in [0.4, 0.5) is 0 Å². The van der Waals surface area contributed by atoms with Gasteiger partial charge in [-0.05, 0) is 6.07 Å². The summed E-state index contributed by atoms with van der Waals surface area (Å²) in [4.78, 5) is 3.96. The Kier molecular flexibility index (Phi) is 3.93. The van der Waals surface area contributed by atoms with E-state index in [-0.39, 0.29) is 11.7 Å². The summed E-state index contributed by atoms with van der Waals surface area (Å²) in [5.41, 5.74) is 0.123. The topological polar surface area (TPSA) is 81.0 Å². The van der Waals surface area contributed by atoms with Gasteiger partial charge in [0.2, 0.25) is 0 Å². The minimum Gasteiger partial charge on any atom is -0.489 e. The van der Waals surface area contributed by atoms with Gasteiger partial charge in [0.1, 0.15) is 11.9 Å². The van der Waals surface area contributed by atoms with Crippen LogP contribution in [0.3, 0.4) is 0 Å². The highest BCUT2D eigenvalue weighted by atomic mass is 16.6. The molecule has 2 aliphatic rings. The normalized spacial score (nSPS) is 29.6. The molecule has 3 rings (SSSR count). The number of hydrogen-bond acceptors (Lipinski definition) is 6. The maximum atomic E-state index is 9.14. The maximum Gasteiger partial charge on any atom is 0.490 e. The molecule has 0 saturated carbocycles. The van der Waals surface area contributed by atoms with E-state index in [2.05, 4.69) is 4.98 Å². The van der Waals surface area contributed by atoms with Crippen LogP contribution in [0.5, 0.6) is 5.75 Å². The van der Waals surface area contributed by atoms with E-state index in [4.69, 9.17) is 24.3 Å². The van der Waals surface area contributed by atoms with Crippen LogP contribution in [0.2, 0.25) is 0 Å². The Hall–Kier alpha value is -1.15. The van der Waals surface area contributed by atoms with E-state index in [1.165, 1.54) is 6.20 Å². The molecule has 7 heteroatoms. The van der Waals surface area contributed by atoms with Crippen molar-refractivity contribution in [1.82, 2.24) is 4.98 Å². The summed E-state index contributed by atoms with van der Waals surface area (Å²) in [6.07, 6.45) is 5.54. The Morgan fingerprint density at radius 1 is 1.35 bits per heavy atom. The van der Waals surface area contributed by atoms with E-state index in [9.17, 15) is 0 Å². The first-order chi connectivity index (χ1) is 9.67. The Morgan fingerprint density at radius 3 is 3.00 bits per heavy atom. The highest BCUT2D eigenvalue weighted by molar-refractivity contribution is 6.58. The third-order valence-electron chi connectivity index (χ3n) is 3.85. The van der Waals surface area contributed by atoms with Gasteiger partial charge in [-0.2, -0.15) is 0 Å². The fraction of sp³-hybridized carbons (Fsp3) is 0.615. The van der Waals surface area contributed by atoms with Crippen LogP contribution >= 0.6 is 0 Å². The second-order valence-corrected chi connectivity index (χ2v) is 5.39. The van der Waals surface area contributed by atoms with Crippen LogP contribution in [-0.4, -0.2) is 53.7 Å². The molecule has 1 spiro atoms. The van der Waals surface area contributed by atoms with Gasteiger partial charge in [-0.1, -0.05) is 0 Å². The van der Waals surface area contributed by atoms with Crippen LogP contribution in [0.25, 0.3) is 0 Å². The van der Waals surface area contributed by atoms with Crippen molar-refractivity contribution in [2.45, 2.75) is 31.0 Å². The van der Waals surface area contributed by atoms with E-state index >= 15 is 0 Å². The summed E-state index contributed by atoms with van der Waals surface area (Å²) in [5.74, 6) is 0.552. The van der Waals surface area contributed by atoms with Crippen LogP contribution in [0, 0.1) is 0 Å². The van der Waals surface area contributed by atoms with E-state index in [1.807, 2.05) is 0 Å². The van der Waals surface area contributed by atoms with Crippen molar-refractivity contribution in [3.8, 4) is 5.75 Å². The predicted molar refractivity (Wildman–Crippen MR) is 71.8 cm³/mol. The van der Waals surface area contributed by atoms with Crippen molar-refractivity contribution >= 4 is 12.6 Å². The molecule has 0 amide bonds. The number of rotatable bonds is 3. The monoisotopic (exact) mass is 279 g/mol. The number of nitrogens with zero attached hydrogens (tertiary/aromatic N) is 1. The molecule has 1 aromatic heterocycles. The van der Waals surface area contributed by atoms with Crippen LogP contribution in [0.15, 0.2) is 18.5 Å². The zero-order chi connectivity index (χ0) is 14.0. The zero-order valence-electron chi connectivity index (χ0n) is 11.2. The smallest absolute Gasteiger partial charge is 0.489 e. The third kappa shape index (κ3) is 2.96. The SMILES string of the molecule is OB(O)c1cncc(OC2CCOC3(CCOC3)C2)c1. The van der Waals surface area contributed by atoms with Crippen LogP contribution in [0.1, 0.15) is 19.3 Å². The highest BCUT2D eigenvalue weighted by Gasteiger charge is 2.41. The molecule has 2 unspecified atom stereocenters. The van der Waals surface area contributed by atoms with Crippen molar-refractivity contribution in [3.05, 3.63) is 18.5 Å². The Balaban J connectivity index is 1.66. The first-order valence-corrected chi connectivity index (χ1v) is 6.86. The predicted octanol–water partition coefficient (Wildman–Crippen LogP) is -0.522. The van der Waals surface area contributed by atoms with Gasteiger partial charge in [0.05, 0.1) is 25.0 Å². The molecule has 0 aliphatic carbocycles. The lowest BCUT2D eigenvalue weighted by Gasteiger charge is -2.36. The maximum absolute atomic E-state index is 9.14. The molecule has 2 aliphatic heterocycles. The van der Waals surface area contributed by atoms with Gasteiger partial charge < -0.3 is 24.3 Å². The molecule has 6 nitrogen and oxygen atoms in total. The molecule has 0 bridgehead atoms. The Bertz CT molecular complexity index is 464. The van der Waals surface area contributed by atoms with Crippen molar-refractivity contribution in [3.63, 3.8) is 0 Å². The number of hydrogen-bond donors (Lipinski definition) is 2. The number of pyridine rings is 1. The van der Waals surface area contributed by atoms with E-state index in [1.54, 1.807) is 12.3 Å². The Morgan fingerprint density at radius 2 is 2.25 bits per heavy atom. The second kappa shape index (κ2) is 5.69. The molecule has 2 atom stereocenters. The van der Waals surface area contributed by atoms with E-state index < -0.39 is 7.12 Å². The lowest BCUT2D eigenvalue weighted by Crippen LogP contribution is -2.44. The van der Waals surface area contributed by atoms with Crippen LogP contribution < -0.4 is 10.2 Å². The average Bonchev–Trinajstić information content (AvgIpc) is 2.87. The summed E-state index contributed by atoms with van der Waals surface area (Å²) in [6, 6.07) is 1.60. The second-order valence-electron chi connectivity index (χ2n) is 5.39. The molecule has 2 saturated heterocycles. The molecule has 1 aromatic rings. The summed E-state index contributed by atoms with van der Waals surface area (Å²) >= 11 is 0. The molecule has 3 heterocycles. The number of aromatic nitrogens is 1. The van der Waals surface area contributed by atoms with Gasteiger partial charge in [0.15, 0.2) is 0 Å². The first-order valence-electron chi connectivity index (χ1n) is 6.86. The molecular weight excluding hydrogens is 261 g/mol. The average molecular weight is 279 g/mol. The van der Waals surface area contributed by atoms with Crippen molar-refractivity contribution in [2.24, 2.45) is 0 Å². The van der Waals surface area contributed by atoms with Crippen LogP contribution in [-0.2, 0) is 9.47 Å². The van der Waals surface area contributed by atoms with Gasteiger partial charge in [0.25, 0.3) is 0 Å². The minimum atomic E-state index is -1.53. The summed E-state index contributed by atoms with van der Waals surface area (Å²) in [7, 11) is -1.53. The first kappa shape index (κ1) is 13.8. The molecule has 0 radical (unpaired) electrons. The van der Waals surface area contributed by atoms with E-state index in [0.717, 1.165) is 25.9 Å². The minimum absolute atomic E-state index is 0.0401. The third-order valence-corrected chi connectivity index (χ3v) is 3.85. The quantitative estimate of drug-likeness (QED) is 0.725. The molecule has 2 fully saturated rings. The Labute approximate surface area is 117 Å². The standard InChI is InChI=1S/C13H18BNO5/c16-14(17)10-5-12(8-15-7-10)20-11-1-3-19-13(6-11)2-4-18-9-13/h5,7-8,11,16-17H,1-4,6,9H2. The summed E-state index contributed by atoms with van der Waals surface area (Å²) in [6.45, 7) is 2.02. The molecular formula is C13H18BNO5. The molecule has 108 valence electrons. The zero-order valence-corrected chi connectivity index (χ0v) is 11.2. The van der Waals surface area contributed by atoms with Gasteiger partial charge in [-0.25, -0.2) is 0 Å². The fourth-order valence-electron chi connectivity index (χ4n) is 2.78. The van der Waals surface area contributed by atoms with E-state index in [0.29, 0.717) is 24.4 Å². The van der Waals surface area contributed by atoms with Gasteiger partial charge in [-0.3, -0.25) is 4.98 Å². The molecule has 20 heavy (non-hydrogen) atoms. The van der Waals surface area contributed by atoms with Gasteiger partial charge >= 0.3 is 7.12 Å².